The van der Waals surface area contributed by atoms with Crippen LogP contribution in [0, 0.1) is 0 Å². The highest BCUT2D eigenvalue weighted by molar-refractivity contribution is 5.71. The van der Waals surface area contributed by atoms with E-state index in [0.29, 0.717) is 19.3 Å². The Kier molecular flexibility index (Phi) is 57.9. The number of hydrogen-bond acceptors (Lipinski definition) is 6. The van der Waals surface area contributed by atoms with E-state index in [4.69, 9.17) is 14.2 Å². The molecule has 0 rings (SSSR count). The zero-order chi connectivity index (χ0) is 53.6. The maximum atomic E-state index is 12.9. The SMILES string of the molecule is CC/C=C\C/C=C\C/C=C\C/C=C\C/C=C\C/C=C\CCCCCCCCC(=O)OCC(COC(=O)CC/C=C\C/C=C\C/C=C\C/C=C\CC)OC(=O)CCCCCCCCCCCCCCCCCCCC. The lowest BCUT2D eigenvalue weighted by atomic mass is 10.0. The molecule has 0 saturated carbocycles. The Morgan fingerprint density at radius 2 is 0.554 bits per heavy atom. The third kappa shape index (κ3) is 58.7. The van der Waals surface area contributed by atoms with E-state index in [1.165, 1.54) is 109 Å². The van der Waals surface area contributed by atoms with Crippen LogP contribution in [0.25, 0.3) is 0 Å². The van der Waals surface area contributed by atoms with Crippen LogP contribution < -0.4 is 0 Å². The molecule has 0 bridgehead atoms. The molecule has 6 heteroatoms. The van der Waals surface area contributed by atoms with Gasteiger partial charge in [-0.05, 0) is 96.3 Å². The molecular weight excluding hydrogens is 913 g/mol. The second-order valence-corrected chi connectivity index (χ2v) is 19.9. The minimum atomic E-state index is -0.815. The van der Waals surface area contributed by atoms with Crippen molar-refractivity contribution < 1.29 is 28.6 Å². The molecule has 0 saturated heterocycles. The van der Waals surface area contributed by atoms with Crippen LogP contribution in [0.15, 0.2) is 122 Å². The molecule has 1 atom stereocenters. The fourth-order valence-electron chi connectivity index (χ4n) is 8.23. The molecule has 0 aliphatic heterocycles. The van der Waals surface area contributed by atoms with Crippen LogP contribution in [0.2, 0.25) is 0 Å². The number of ether oxygens (including phenoxy) is 3. The van der Waals surface area contributed by atoms with Gasteiger partial charge in [0, 0.05) is 19.3 Å². The van der Waals surface area contributed by atoms with Gasteiger partial charge in [-0.2, -0.15) is 0 Å². The summed E-state index contributed by atoms with van der Waals surface area (Å²) in [5.74, 6) is -1.00. The summed E-state index contributed by atoms with van der Waals surface area (Å²) in [6.45, 7) is 6.35. The molecule has 0 amide bonds. The largest absolute Gasteiger partial charge is 0.462 e. The van der Waals surface area contributed by atoms with Crippen LogP contribution in [0.5, 0.6) is 0 Å². The number of hydrogen-bond donors (Lipinski definition) is 0. The first-order valence-corrected chi connectivity index (χ1v) is 30.5. The van der Waals surface area contributed by atoms with E-state index >= 15 is 0 Å². The average molecular weight is 1030 g/mol. The zero-order valence-corrected chi connectivity index (χ0v) is 48.1. The van der Waals surface area contributed by atoms with Crippen molar-refractivity contribution in [3.8, 4) is 0 Å². The Labute approximate surface area is 456 Å². The van der Waals surface area contributed by atoms with Crippen molar-refractivity contribution in [1.29, 1.82) is 0 Å². The highest BCUT2D eigenvalue weighted by atomic mass is 16.6. The summed E-state index contributed by atoms with van der Waals surface area (Å²) < 4.78 is 16.8. The number of carbonyl (C=O) groups is 3. The van der Waals surface area contributed by atoms with Crippen molar-refractivity contribution in [2.75, 3.05) is 13.2 Å². The minimum Gasteiger partial charge on any atom is -0.462 e. The van der Waals surface area contributed by atoms with Crippen LogP contribution in [-0.4, -0.2) is 37.2 Å². The van der Waals surface area contributed by atoms with Crippen LogP contribution in [0.4, 0.5) is 0 Å². The number of rotatable bonds is 54. The van der Waals surface area contributed by atoms with Crippen LogP contribution >= 0.6 is 0 Å². The minimum absolute atomic E-state index is 0.109. The summed E-state index contributed by atoms with van der Waals surface area (Å²) in [7, 11) is 0. The van der Waals surface area contributed by atoms with Crippen molar-refractivity contribution in [3.63, 3.8) is 0 Å². The molecule has 74 heavy (non-hydrogen) atoms. The van der Waals surface area contributed by atoms with Gasteiger partial charge in [-0.1, -0.05) is 277 Å². The van der Waals surface area contributed by atoms with Gasteiger partial charge in [-0.3, -0.25) is 14.4 Å². The average Bonchev–Trinajstić information content (AvgIpc) is 3.40. The lowest BCUT2D eigenvalue weighted by molar-refractivity contribution is -0.166. The zero-order valence-electron chi connectivity index (χ0n) is 48.1. The van der Waals surface area contributed by atoms with Gasteiger partial charge in [0.25, 0.3) is 0 Å². The maximum Gasteiger partial charge on any atom is 0.306 e. The van der Waals surface area contributed by atoms with Gasteiger partial charge in [0.1, 0.15) is 13.2 Å². The first-order chi connectivity index (χ1) is 36.5. The molecule has 0 radical (unpaired) electrons. The van der Waals surface area contributed by atoms with E-state index in [0.717, 1.165) is 116 Å². The standard InChI is InChI=1S/C68H112O6/c1-4-7-10-13-16-19-22-25-27-29-31-32-33-34-35-36-37-39-40-43-46-49-52-55-58-61-67(70)73-64-65(63-72-66(69)60-57-54-51-48-45-42-24-21-18-15-12-9-6-3)74-68(71)62-59-56-53-50-47-44-41-38-30-28-26-23-20-17-14-11-8-5-2/h7,9-10,12,16,18-19,21,25,27,31-32,34-35,37,39,42,45,51,54,65H,4-6,8,11,13-15,17,20,22-24,26,28-30,33,36,38,40-41,43-44,46-50,52-53,55-64H2,1-3H3/b10-7-,12-9-,19-16-,21-18-,27-25-,32-31-,35-34-,39-37-,45-42-,54-51-. The van der Waals surface area contributed by atoms with Crippen molar-refractivity contribution >= 4 is 17.9 Å². The normalized spacial score (nSPS) is 13.0. The monoisotopic (exact) mass is 1020 g/mol. The number of esters is 3. The van der Waals surface area contributed by atoms with Gasteiger partial charge in [-0.15, -0.1) is 0 Å². The van der Waals surface area contributed by atoms with Crippen LogP contribution in [0.1, 0.15) is 271 Å². The predicted molar refractivity (Wildman–Crippen MR) is 320 cm³/mol. The smallest absolute Gasteiger partial charge is 0.306 e. The Morgan fingerprint density at radius 1 is 0.284 bits per heavy atom. The van der Waals surface area contributed by atoms with Gasteiger partial charge in [0.2, 0.25) is 0 Å². The first kappa shape index (κ1) is 69.8. The lowest BCUT2D eigenvalue weighted by Gasteiger charge is -2.18. The Balaban J connectivity index is 4.42. The topological polar surface area (TPSA) is 78.9 Å². The second-order valence-electron chi connectivity index (χ2n) is 19.9. The van der Waals surface area contributed by atoms with Gasteiger partial charge >= 0.3 is 17.9 Å². The molecule has 0 aliphatic carbocycles. The summed E-state index contributed by atoms with van der Waals surface area (Å²) in [5.41, 5.74) is 0. The maximum absolute atomic E-state index is 12.9. The van der Waals surface area contributed by atoms with Crippen molar-refractivity contribution in [3.05, 3.63) is 122 Å². The van der Waals surface area contributed by atoms with Crippen molar-refractivity contribution in [2.45, 2.75) is 277 Å². The summed E-state index contributed by atoms with van der Waals surface area (Å²) in [4.78, 5) is 38.2. The van der Waals surface area contributed by atoms with Crippen molar-refractivity contribution in [2.24, 2.45) is 0 Å². The molecule has 0 heterocycles. The third-order valence-corrected chi connectivity index (χ3v) is 12.7. The Morgan fingerprint density at radius 3 is 0.905 bits per heavy atom. The summed E-state index contributed by atoms with van der Waals surface area (Å²) >= 11 is 0. The van der Waals surface area contributed by atoms with Crippen LogP contribution in [0.3, 0.4) is 0 Å². The summed E-state index contributed by atoms with van der Waals surface area (Å²) in [6.07, 6.45) is 85.0. The summed E-state index contributed by atoms with van der Waals surface area (Å²) in [5, 5.41) is 0. The van der Waals surface area contributed by atoms with E-state index in [1.807, 2.05) is 6.08 Å². The highest BCUT2D eigenvalue weighted by Crippen LogP contribution is 2.16. The second kappa shape index (κ2) is 61.4. The molecule has 0 N–H and O–H groups in total. The van der Waals surface area contributed by atoms with Gasteiger partial charge in [0.05, 0.1) is 0 Å². The van der Waals surface area contributed by atoms with E-state index < -0.39 is 6.10 Å². The van der Waals surface area contributed by atoms with E-state index in [9.17, 15) is 14.4 Å². The molecule has 0 aromatic heterocycles. The molecule has 0 aliphatic rings. The molecular formula is C68H112O6. The summed E-state index contributed by atoms with van der Waals surface area (Å²) in [6, 6.07) is 0. The molecule has 420 valence electrons. The number of carbonyl (C=O) groups excluding carboxylic acids is 3. The van der Waals surface area contributed by atoms with Gasteiger partial charge in [-0.25, -0.2) is 0 Å². The van der Waals surface area contributed by atoms with Crippen molar-refractivity contribution in [1.82, 2.24) is 0 Å². The van der Waals surface area contributed by atoms with Gasteiger partial charge in [0.15, 0.2) is 6.10 Å². The number of unbranched alkanes of at least 4 members (excludes halogenated alkanes) is 23. The molecule has 0 aromatic rings. The van der Waals surface area contributed by atoms with E-state index in [-0.39, 0.29) is 37.5 Å². The molecule has 1 unspecified atom stereocenters. The predicted octanol–water partition coefficient (Wildman–Crippen LogP) is 20.8. The fraction of sp³-hybridized carbons (Fsp3) is 0.662. The number of allylic oxidation sites excluding steroid dienone is 20. The first-order valence-electron chi connectivity index (χ1n) is 30.5. The fourth-order valence-corrected chi connectivity index (χ4v) is 8.23. The third-order valence-electron chi connectivity index (χ3n) is 12.7. The highest BCUT2D eigenvalue weighted by Gasteiger charge is 2.19. The molecule has 0 spiro atoms. The van der Waals surface area contributed by atoms with Gasteiger partial charge < -0.3 is 14.2 Å². The Hall–Kier alpha value is -4.19. The van der Waals surface area contributed by atoms with Crippen LogP contribution in [-0.2, 0) is 28.6 Å². The Bertz CT molecular complexity index is 1550. The molecule has 0 fully saturated rings. The van der Waals surface area contributed by atoms with E-state index in [2.05, 4.69) is 136 Å². The quantitative estimate of drug-likeness (QED) is 0.0261. The van der Waals surface area contributed by atoms with E-state index in [1.54, 1.807) is 0 Å². The molecule has 0 aromatic carbocycles. The molecule has 6 nitrogen and oxygen atoms in total. The lowest BCUT2D eigenvalue weighted by Crippen LogP contribution is -2.30.